The average Bonchev–Trinajstić information content (AvgIpc) is 3.21. The number of nitrogens with one attached hydrogen (secondary N) is 2. The molecule has 3 amide bonds. The van der Waals surface area contributed by atoms with E-state index < -0.39 is 5.54 Å². The summed E-state index contributed by atoms with van der Waals surface area (Å²) < 4.78 is 7.00. The van der Waals surface area contributed by atoms with Gasteiger partial charge in [0.2, 0.25) is 11.9 Å². The van der Waals surface area contributed by atoms with E-state index in [0.29, 0.717) is 12.6 Å². The Morgan fingerprint density at radius 2 is 1.77 bits per heavy atom. The minimum Gasteiger partial charge on any atom is -0.383 e. The zero-order valence-electron chi connectivity index (χ0n) is 21.4. The van der Waals surface area contributed by atoms with Crippen molar-refractivity contribution >= 4 is 17.9 Å². The molecule has 0 fully saturated rings. The van der Waals surface area contributed by atoms with Gasteiger partial charge in [-0.15, -0.1) is 0 Å². The summed E-state index contributed by atoms with van der Waals surface area (Å²) in [4.78, 5) is 32.0. The highest BCUT2D eigenvalue weighted by atomic mass is 16.5. The molecular weight excluding hydrogens is 442 g/mol. The zero-order chi connectivity index (χ0) is 25.6. The van der Waals surface area contributed by atoms with Crippen LogP contribution in [0.25, 0.3) is 16.9 Å². The van der Waals surface area contributed by atoms with Crippen LogP contribution in [0.15, 0.2) is 54.7 Å². The van der Waals surface area contributed by atoms with Gasteiger partial charge in [-0.05, 0) is 57.9 Å². The number of nitrogens with zero attached hydrogens (tertiary/aromatic N) is 3. The first-order chi connectivity index (χ1) is 16.6. The van der Waals surface area contributed by atoms with Gasteiger partial charge < -0.3 is 15.0 Å². The van der Waals surface area contributed by atoms with E-state index in [4.69, 9.17) is 9.72 Å². The Labute approximate surface area is 207 Å². The normalized spacial score (nSPS) is 11.3. The van der Waals surface area contributed by atoms with Crippen molar-refractivity contribution in [3.63, 3.8) is 0 Å². The zero-order valence-corrected chi connectivity index (χ0v) is 21.4. The van der Waals surface area contributed by atoms with Gasteiger partial charge in [-0.25, -0.2) is 9.78 Å². The van der Waals surface area contributed by atoms with Crippen LogP contribution in [0, 0.1) is 13.8 Å². The van der Waals surface area contributed by atoms with Crippen LogP contribution in [-0.2, 0) is 9.53 Å². The highest BCUT2D eigenvalue weighted by Crippen LogP contribution is 2.25. The summed E-state index contributed by atoms with van der Waals surface area (Å²) >= 11 is 0. The van der Waals surface area contributed by atoms with Crippen molar-refractivity contribution in [3.8, 4) is 16.9 Å². The Balaban J connectivity index is 1.89. The van der Waals surface area contributed by atoms with Crippen LogP contribution in [0.2, 0.25) is 0 Å². The Morgan fingerprint density at radius 3 is 2.40 bits per heavy atom. The molecule has 2 aromatic carbocycles. The minimum atomic E-state index is -0.428. The van der Waals surface area contributed by atoms with Gasteiger partial charge in [0.1, 0.15) is 6.54 Å². The maximum atomic E-state index is 13.1. The number of anilines is 1. The van der Waals surface area contributed by atoms with Crippen molar-refractivity contribution in [1.82, 2.24) is 19.8 Å². The summed E-state index contributed by atoms with van der Waals surface area (Å²) in [6.07, 6.45) is 1.91. The predicted molar refractivity (Wildman–Crippen MR) is 139 cm³/mol. The number of aryl methyl sites for hydroxylation is 2. The van der Waals surface area contributed by atoms with Gasteiger partial charge in [0.15, 0.2) is 0 Å². The number of rotatable bonds is 8. The Bertz CT molecular complexity index is 1170. The highest BCUT2D eigenvalue weighted by molar-refractivity contribution is 5.93. The van der Waals surface area contributed by atoms with Crippen LogP contribution >= 0.6 is 0 Å². The molecule has 8 heteroatoms. The summed E-state index contributed by atoms with van der Waals surface area (Å²) in [6.45, 7) is 10.3. The number of urea groups is 1. The molecule has 186 valence electrons. The van der Waals surface area contributed by atoms with Crippen LogP contribution in [0.5, 0.6) is 0 Å². The fourth-order valence-electron chi connectivity index (χ4n) is 3.48. The van der Waals surface area contributed by atoms with E-state index in [-0.39, 0.29) is 25.0 Å². The van der Waals surface area contributed by atoms with Gasteiger partial charge in [0.05, 0.1) is 12.3 Å². The number of imidazole rings is 1. The molecule has 2 N–H and O–H groups in total. The second-order valence-corrected chi connectivity index (χ2v) is 9.60. The molecule has 3 rings (SSSR count). The van der Waals surface area contributed by atoms with Crippen molar-refractivity contribution in [3.05, 3.63) is 65.9 Å². The number of aromatic nitrogens is 2. The topological polar surface area (TPSA) is 88.5 Å². The molecule has 1 aromatic heterocycles. The summed E-state index contributed by atoms with van der Waals surface area (Å²) in [6, 6.07) is 15.6. The maximum absolute atomic E-state index is 13.1. The third-order valence-electron chi connectivity index (χ3n) is 5.46. The smallest absolute Gasteiger partial charge is 0.318 e. The van der Waals surface area contributed by atoms with E-state index in [1.54, 1.807) is 7.11 Å². The van der Waals surface area contributed by atoms with Gasteiger partial charge in [0, 0.05) is 36.6 Å². The highest BCUT2D eigenvalue weighted by Gasteiger charge is 2.23. The molecule has 0 radical (unpaired) electrons. The third-order valence-corrected chi connectivity index (χ3v) is 5.46. The van der Waals surface area contributed by atoms with Crippen LogP contribution in [0.4, 0.5) is 10.7 Å². The maximum Gasteiger partial charge on any atom is 0.318 e. The van der Waals surface area contributed by atoms with Crippen LogP contribution in [0.3, 0.4) is 0 Å². The quantitative estimate of drug-likeness (QED) is 0.498. The molecular formula is C27H35N5O3. The van der Waals surface area contributed by atoms with Crippen LogP contribution in [0.1, 0.15) is 31.9 Å². The summed E-state index contributed by atoms with van der Waals surface area (Å²) in [7, 11) is 1.56. The lowest BCUT2D eigenvalue weighted by Crippen LogP contribution is -2.51. The number of carbonyl (C=O) groups is 2. The van der Waals surface area contributed by atoms with E-state index in [9.17, 15) is 9.59 Å². The van der Waals surface area contributed by atoms with Crippen molar-refractivity contribution < 1.29 is 14.3 Å². The molecule has 0 aliphatic rings. The third kappa shape index (κ3) is 7.16. The molecule has 35 heavy (non-hydrogen) atoms. The molecule has 0 saturated heterocycles. The fourth-order valence-corrected chi connectivity index (χ4v) is 3.48. The van der Waals surface area contributed by atoms with Crippen LogP contribution in [-0.4, -0.2) is 58.7 Å². The standard InChI is InChI=1S/C27H35N5O3/c1-19-12-13-22(16-20(19)2)32-17-23(21-10-8-7-9-11-21)28-25(32)29-24(33)18-31(14-15-35-6)26(34)30-27(3,4)5/h7-13,16-17H,14-15,18H2,1-6H3,(H,30,34)(H,28,29,33). The first kappa shape index (κ1) is 26.0. The minimum absolute atomic E-state index is 0.133. The number of benzene rings is 2. The first-order valence-corrected chi connectivity index (χ1v) is 11.7. The van der Waals surface area contributed by atoms with Gasteiger partial charge in [0.25, 0.3) is 0 Å². The number of ether oxygens (including phenoxy) is 1. The molecule has 8 nitrogen and oxygen atoms in total. The molecule has 3 aromatic rings. The van der Waals surface area contributed by atoms with Gasteiger partial charge >= 0.3 is 6.03 Å². The lowest BCUT2D eigenvalue weighted by Gasteiger charge is -2.28. The van der Waals surface area contributed by atoms with Gasteiger partial charge in [-0.2, -0.15) is 0 Å². The average molecular weight is 478 g/mol. The van der Waals surface area contributed by atoms with Crippen LogP contribution < -0.4 is 10.6 Å². The fraction of sp³-hybridized carbons (Fsp3) is 0.370. The van der Waals surface area contributed by atoms with Crippen molar-refractivity contribution in [2.45, 2.75) is 40.2 Å². The molecule has 0 bridgehead atoms. The largest absolute Gasteiger partial charge is 0.383 e. The van der Waals surface area contributed by atoms with Gasteiger partial charge in [-0.1, -0.05) is 36.4 Å². The summed E-state index contributed by atoms with van der Waals surface area (Å²) in [5.41, 5.74) is 4.46. The lowest BCUT2D eigenvalue weighted by atomic mass is 10.1. The second-order valence-electron chi connectivity index (χ2n) is 9.60. The molecule has 0 unspecified atom stereocenters. The second kappa shape index (κ2) is 11.2. The monoisotopic (exact) mass is 477 g/mol. The van der Waals surface area contributed by atoms with Crippen molar-refractivity contribution in [2.75, 3.05) is 32.1 Å². The van der Waals surface area contributed by atoms with E-state index in [1.807, 2.05) is 80.9 Å². The molecule has 0 aliphatic carbocycles. The number of carbonyl (C=O) groups excluding carboxylic acids is 2. The first-order valence-electron chi connectivity index (χ1n) is 11.7. The molecule has 0 spiro atoms. The number of methoxy groups -OCH3 is 1. The van der Waals surface area contributed by atoms with Crippen molar-refractivity contribution in [1.29, 1.82) is 0 Å². The molecule has 0 atom stereocenters. The Kier molecular flexibility index (Phi) is 8.30. The number of amides is 3. The van der Waals surface area contributed by atoms with E-state index in [2.05, 4.69) is 23.6 Å². The SMILES string of the molecule is COCCN(CC(=O)Nc1nc(-c2ccccc2)cn1-c1ccc(C)c(C)c1)C(=O)NC(C)(C)C. The Hall–Kier alpha value is -3.65. The van der Waals surface area contributed by atoms with E-state index in [1.165, 1.54) is 10.5 Å². The Morgan fingerprint density at radius 1 is 1.06 bits per heavy atom. The van der Waals surface area contributed by atoms with E-state index in [0.717, 1.165) is 22.5 Å². The summed E-state index contributed by atoms with van der Waals surface area (Å²) in [5.74, 6) is 0.0421. The predicted octanol–water partition coefficient (Wildman–Crippen LogP) is 4.55. The summed E-state index contributed by atoms with van der Waals surface area (Å²) in [5, 5.41) is 5.81. The molecule has 0 saturated carbocycles. The molecule has 0 aliphatic heterocycles. The van der Waals surface area contributed by atoms with Gasteiger partial charge in [-0.3, -0.25) is 14.7 Å². The lowest BCUT2D eigenvalue weighted by molar-refractivity contribution is -0.117. The number of hydrogen-bond donors (Lipinski definition) is 2. The van der Waals surface area contributed by atoms with E-state index >= 15 is 0 Å². The number of hydrogen-bond acceptors (Lipinski definition) is 4. The molecule has 1 heterocycles. The van der Waals surface area contributed by atoms with Crippen molar-refractivity contribution in [2.24, 2.45) is 0 Å².